The molecule has 0 N–H and O–H groups in total. The Morgan fingerprint density at radius 2 is 1.82 bits per heavy atom. The van der Waals surface area contributed by atoms with Crippen molar-refractivity contribution in [2.45, 2.75) is 18.5 Å². The monoisotopic (exact) mass is 244 g/mol. The molecule has 0 aliphatic carbocycles. The number of rotatable bonds is 1. The van der Waals surface area contributed by atoms with Crippen LogP contribution in [-0.4, -0.2) is 19.0 Å². The van der Waals surface area contributed by atoms with Gasteiger partial charge >= 0.3 is 6.18 Å². The number of ether oxygens (including phenoxy) is 1. The largest absolute Gasteiger partial charge is 0.416 e. The highest BCUT2D eigenvalue weighted by molar-refractivity contribution is 5.86. The van der Waals surface area contributed by atoms with Crippen LogP contribution in [0, 0.1) is 0 Å². The van der Waals surface area contributed by atoms with Crippen molar-refractivity contribution in [1.29, 1.82) is 0 Å². The highest BCUT2D eigenvalue weighted by Gasteiger charge is 2.31. The van der Waals surface area contributed by atoms with Gasteiger partial charge in [0.2, 0.25) is 0 Å². The average molecular weight is 244 g/mol. The molecule has 1 aromatic carbocycles. The molecule has 92 valence electrons. The minimum atomic E-state index is -4.34. The molecule has 1 aromatic rings. The number of Topliss-reactive ketones (excluding diaryl/α,β-unsaturated/α-hetero) is 1. The van der Waals surface area contributed by atoms with Crippen molar-refractivity contribution in [3.63, 3.8) is 0 Å². The van der Waals surface area contributed by atoms with E-state index >= 15 is 0 Å². The number of hydrogen-bond acceptors (Lipinski definition) is 2. The Labute approximate surface area is 96.4 Å². The molecular weight excluding hydrogens is 233 g/mol. The molecule has 1 saturated heterocycles. The second kappa shape index (κ2) is 4.49. The molecule has 1 heterocycles. The number of carbonyl (C=O) groups excluding carboxylic acids is 1. The van der Waals surface area contributed by atoms with Gasteiger partial charge in [0.25, 0.3) is 0 Å². The third-order valence-corrected chi connectivity index (χ3v) is 2.81. The van der Waals surface area contributed by atoms with Crippen LogP contribution < -0.4 is 0 Å². The molecule has 5 heteroatoms. The highest BCUT2D eigenvalue weighted by Crippen LogP contribution is 2.31. The quantitative estimate of drug-likeness (QED) is 0.759. The van der Waals surface area contributed by atoms with E-state index in [1.54, 1.807) is 0 Å². The van der Waals surface area contributed by atoms with Gasteiger partial charge in [-0.1, -0.05) is 12.1 Å². The van der Waals surface area contributed by atoms with E-state index in [4.69, 9.17) is 4.74 Å². The van der Waals surface area contributed by atoms with Gasteiger partial charge in [-0.2, -0.15) is 13.2 Å². The molecule has 1 atom stereocenters. The lowest BCUT2D eigenvalue weighted by molar-refractivity contribution is -0.137. The van der Waals surface area contributed by atoms with Crippen molar-refractivity contribution < 1.29 is 22.7 Å². The van der Waals surface area contributed by atoms with Crippen LogP contribution in [0.5, 0.6) is 0 Å². The maximum Gasteiger partial charge on any atom is 0.416 e. The van der Waals surface area contributed by atoms with Crippen LogP contribution in [-0.2, 0) is 15.7 Å². The summed E-state index contributed by atoms with van der Waals surface area (Å²) < 4.78 is 42.2. The minimum Gasteiger partial charge on any atom is -0.380 e. The van der Waals surface area contributed by atoms with Crippen LogP contribution in [0.15, 0.2) is 24.3 Å². The lowest BCUT2D eigenvalue weighted by Crippen LogP contribution is -2.25. The summed E-state index contributed by atoms with van der Waals surface area (Å²) in [7, 11) is 0. The number of hydrogen-bond donors (Lipinski definition) is 0. The fourth-order valence-corrected chi connectivity index (χ4v) is 1.83. The maximum absolute atomic E-state index is 12.3. The first-order chi connectivity index (χ1) is 7.98. The SMILES string of the molecule is O=C1CCOCC1c1ccc(C(F)(F)F)cc1. The summed E-state index contributed by atoms with van der Waals surface area (Å²) in [5.41, 5.74) is -0.117. The van der Waals surface area contributed by atoms with Gasteiger partial charge in [0.05, 0.1) is 24.7 Å². The summed E-state index contributed by atoms with van der Waals surface area (Å²) in [5.74, 6) is -0.401. The lowest BCUT2D eigenvalue weighted by Gasteiger charge is -2.21. The summed E-state index contributed by atoms with van der Waals surface area (Å²) in [5, 5.41) is 0. The molecule has 2 nitrogen and oxygen atoms in total. The van der Waals surface area contributed by atoms with E-state index in [0.29, 0.717) is 18.6 Å². The van der Waals surface area contributed by atoms with Crippen LogP contribution in [0.1, 0.15) is 23.5 Å². The molecule has 0 saturated carbocycles. The van der Waals surface area contributed by atoms with Gasteiger partial charge in [0, 0.05) is 6.42 Å². The molecule has 0 bridgehead atoms. The first-order valence-electron chi connectivity index (χ1n) is 5.26. The van der Waals surface area contributed by atoms with Crippen molar-refractivity contribution in [2.24, 2.45) is 0 Å². The number of halogens is 3. The average Bonchev–Trinajstić information content (AvgIpc) is 2.29. The molecule has 1 fully saturated rings. The maximum atomic E-state index is 12.3. The number of benzene rings is 1. The standard InChI is InChI=1S/C12H11F3O2/c13-12(14,15)9-3-1-8(2-4-9)10-7-17-6-5-11(10)16/h1-4,10H,5-7H2. The topological polar surface area (TPSA) is 26.3 Å². The molecular formula is C12H11F3O2. The lowest BCUT2D eigenvalue weighted by atomic mass is 9.92. The van der Waals surface area contributed by atoms with Crippen molar-refractivity contribution in [3.8, 4) is 0 Å². The zero-order valence-corrected chi connectivity index (χ0v) is 8.96. The molecule has 1 aliphatic heterocycles. The zero-order valence-electron chi connectivity index (χ0n) is 8.96. The fourth-order valence-electron chi connectivity index (χ4n) is 1.83. The molecule has 0 spiro atoms. The molecule has 2 rings (SSSR count). The van der Waals surface area contributed by atoms with Crippen molar-refractivity contribution in [2.75, 3.05) is 13.2 Å². The normalized spacial score (nSPS) is 21.6. The van der Waals surface area contributed by atoms with E-state index in [9.17, 15) is 18.0 Å². The van der Waals surface area contributed by atoms with Gasteiger partial charge in [-0.15, -0.1) is 0 Å². The van der Waals surface area contributed by atoms with E-state index in [2.05, 4.69) is 0 Å². The van der Waals surface area contributed by atoms with E-state index in [0.717, 1.165) is 12.1 Å². The second-order valence-corrected chi connectivity index (χ2v) is 3.96. The second-order valence-electron chi connectivity index (χ2n) is 3.96. The van der Waals surface area contributed by atoms with E-state index < -0.39 is 17.7 Å². The Kier molecular flexibility index (Phi) is 3.19. The first-order valence-corrected chi connectivity index (χ1v) is 5.26. The molecule has 0 radical (unpaired) electrons. The van der Waals surface area contributed by atoms with Gasteiger partial charge in [0.1, 0.15) is 5.78 Å². The predicted octanol–water partition coefficient (Wildman–Crippen LogP) is 2.78. The smallest absolute Gasteiger partial charge is 0.380 e. The zero-order chi connectivity index (χ0) is 12.5. The summed E-state index contributed by atoms with van der Waals surface area (Å²) in [6.45, 7) is 0.653. The van der Waals surface area contributed by atoms with Crippen LogP contribution in [0.3, 0.4) is 0 Å². The van der Waals surface area contributed by atoms with Crippen LogP contribution in [0.25, 0.3) is 0 Å². The molecule has 0 amide bonds. The Bertz CT molecular complexity index is 409. The van der Waals surface area contributed by atoms with Gasteiger partial charge in [-0.05, 0) is 17.7 Å². The minimum absolute atomic E-state index is 0.0241. The van der Waals surface area contributed by atoms with Crippen molar-refractivity contribution in [1.82, 2.24) is 0 Å². The van der Waals surface area contributed by atoms with Crippen LogP contribution in [0.4, 0.5) is 13.2 Å². The first kappa shape index (κ1) is 12.1. The number of carbonyl (C=O) groups is 1. The summed E-state index contributed by atoms with van der Waals surface area (Å²) in [6, 6.07) is 4.69. The van der Waals surface area contributed by atoms with E-state index in [1.807, 2.05) is 0 Å². The van der Waals surface area contributed by atoms with Crippen LogP contribution >= 0.6 is 0 Å². The Morgan fingerprint density at radius 3 is 2.35 bits per heavy atom. The highest BCUT2D eigenvalue weighted by atomic mass is 19.4. The van der Waals surface area contributed by atoms with Gasteiger partial charge < -0.3 is 4.74 Å². The van der Waals surface area contributed by atoms with Crippen molar-refractivity contribution >= 4 is 5.78 Å². The van der Waals surface area contributed by atoms with Crippen molar-refractivity contribution in [3.05, 3.63) is 35.4 Å². The summed E-state index contributed by atoms with van der Waals surface area (Å²) in [4.78, 5) is 11.6. The molecule has 17 heavy (non-hydrogen) atoms. The molecule has 1 unspecified atom stereocenters. The van der Waals surface area contributed by atoms with Crippen LogP contribution in [0.2, 0.25) is 0 Å². The Balaban J connectivity index is 2.20. The van der Waals surface area contributed by atoms with E-state index in [-0.39, 0.29) is 12.4 Å². The number of ketones is 1. The van der Waals surface area contributed by atoms with Gasteiger partial charge in [0.15, 0.2) is 0 Å². The third-order valence-electron chi connectivity index (χ3n) is 2.81. The molecule has 1 aliphatic rings. The predicted molar refractivity (Wildman–Crippen MR) is 54.6 cm³/mol. The Morgan fingerprint density at radius 1 is 1.18 bits per heavy atom. The third kappa shape index (κ3) is 2.66. The number of alkyl halides is 3. The van der Waals surface area contributed by atoms with E-state index in [1.165, 1.54) is 12.1 Å². The fraction of sp³-hybridized carbons (Fsp3) is 0.417. The molecule has 0 aromatic heterocycles. The summed E-state index contributed by atoms with van der Waals surface area (Å²) in [6.07, 6.45) is -4.02. The van der Waals surface area contributed by atoms with Gasteiger partial charge in [-0.25, -0.2) is 0 Å². The Hall–Kier alpha value is -1.36. The summed E-state index contributed by atoms with van der Waals surface area (Å²) >= 11 is 0. The van der Waals surface area contributed by atoms with Gasteiger partial charge in [-0.3, -0.25) is 4.79 Å².